The molecule has 34 heavy (non-hydrogen) atoms. The zero-order valence-corrected chi connectivity index (χ0v) is 18.7. The topological polar surface area (TPSA) is 264 Å². The van der Waals surface area contributed by atoms with Crippen LogP contribution in [0.15, 0.2) is 4.99 Å². The predicted molar refractivity (Wildman–Crippen MR) is 118 cm³/mol. The molecule has 1 heterocycles. The molecule has 4 unspecified atom stereocenters. The number of hydrogen-bond acceptors (Lipinski definition) is 8. The van der Waals surface area contributed by atoms with E-state index in [9.17, 15) is 34.2 Å². The average molecular weight is 488 g/mol. The highest BCUT2D eigenvalue weighted by Crippen LogP contribution is 2.18. The van der Waals surface area contributed by atoms with Crippen LogP contribution < -0.4 is 27.8 Å². The molecule has 0 radical (unpaired) electrons. The maximum absolute atomic E-state index is 12.7. The van der Waals surface area contributed by atoms with Crippen molar-refractivity contribution in [3.63, 3.8) is 0 Å². The summed E-state index contributed by atoms with van der Waals surface area (Å²) in [4.78, 5) is 65.0. The van der Waals surface area contributed by atoms with Gasteiger partial charge in [0.25, 0.3) is 0 Å². The van der Waals surface area contributed by atoms with Crippen LogP contribution in [0, 0.1) is 0 Å². The van der Waals surface area contributed by atoms with Gasteiger partial charge >= 0.3 is 11.9 Å². The molecule has 1 aliphatic rings. The van der Waals surface area contributed by atoms with Gasteiger partial charge in [0.2, 0.25) is 17.7 Å². The molecule has 4 atom stereocenters. The van der Waals surface area contributed by atoms with Crippen molar-refractivity contribution in [3.05, 3.63) is 0 Å². The Balaban J connectivity index is 2.82. The van der Waals surface area contributed by atoms with Crippen LogP contribution in [0.1, 0.15) is 38.5 Å². The van der Waals surface area contributed by atoms with Crippen LogP contribution in [-0.2, 0) is 24.0 Å². The number of nitrogens with two attached hydrogens (primary N) is 3. The molecule has 0 saturated carbocycles. The smallest absolute Gasteiger partial charge is 0.326 e. The minimum atomic E-state index is -1.47. The van der Waals surface area contributed by atoms with Crippen LogP contribution in [-0.4, -0.2) is 99.7 Å². The van der Waals surface area contributed by atoms with E-state index >= 15 is 0 Å². The molecule has 0 spiro atoms. The number of carbonyl (C=O) groups is 5. The van der Waals surface area contributed by atoms with E-state index < -0.39 is 66.9 Å². The number of hydrogen-bond donors (Lipinski definition) is 8. The van der Waals surface area contributed by atoms with Crippen LogP contribution in [0.2, 0.25) is 0 Å². The summed E-state index contributed by atoms with van der Waals surface area (Å²) in [6, 6.07) is -4.93. The van der Waals surface area contributed by atoms with Crippen LogP contribution in [0.5, 0.6) is 0 Å². The van der Waals surface area contributed by atoms with E-state index in [0.29, 0.717) is 12.8 Å². The summed E-state index contributed by atoms with van der Waals surface area (Å²) in [7, 11) is 0. The fourth-order valence-electron chi connectivity index (χ4n) is 3.41. The fourth-order valence-corrected chi connectivity index (χ4v) is 3.41. The van der Waals surface area contributed by atoms with E-state index in [-0.39, 0.29) is 38.3 Å². The SMILES string of the molecule is NC(N)=NCCCC(N)C(=O)NC(CCC(=O)O)C(=O)NC(CO)C(=O)N1CCCC1C(=O)O. The van der Waals surface area contributed by atoms with E-state index in [0.717, 1.165) is 4.90 Å². The second-order valence-electron chi connectivity index (χ2n) is 7.82. The second-order valence-corrected chi connectivity index (χ2v) is 7.82. The van der Waals surface area contributed by atoms with E-state index in [1.165, 1.54) is 0 Å². The maximum atomic E-state index is 12.7. The Labute approximate surface area is 195 Å². The first-order valence-corrected chi connectivity index (χ1v) is 10.8. The number of nitrogens with zero attached hydrogens (tertiary/aromatic N) is 2. The Hall–Kier alpha value is -3.46. The van der Waals surface area contributed by atoms with Crippen molar-refractivity contribution in [3.8, 4) is 0 Å². The molecule has 1 aliphatic heterocycles. The Bertz CT molecular complexity index is 787. The van der Waals surface area contributed by atoms with Crippen molar-refractivity contribution in [1.29, 1.82) is 0 Å². The standard InChI is InChI=1S/C19H33N7O8/c20-10(3-1-7-23-19(21)22)15(30)24-11(5-6-14(28)29)16(31)25-12(9-27)17(32)26-8-2-4-13(26)18(33)34/h10-13,27H,1-9,20H2,(H,24,30)(H,25,31)(H,28,29)(H,33,34)(H4,21,22,23). The van der Waals surface area contributed by atoms with Gasteiger partial charge in [0, 0.05) is 19.5 Å². The third-order valence-corrected chi connectivity index (χ3v) is 5.20. The minimum Gasteiger partial charge on any atom is -0.481 e. The number of aliphatic imine (C=N–C) groups is 1. The first-order valence-electron chi connectivity index (χ1n) is 10.8. The van der Waals surface area contributed by atoms with Gasteiger partial charge in [-0.2, -0.15) is 0 Å². The first-order chi connectivity index (χ1) is 16.0. The van der Waals surface area contributed by atoms with Gasteiger partial charge in [0.05, 0.1) is 12.6 Å². The molecule has 1 saturated heterocycles. The third kappa shape index (κ3) is 9.19. The van der Waals surface area contributed by atoms with E-state index in [1.807, 2.05) is 0 Å². The van der Waals surface area contributed by atoms with Crippen LogP contribution in [0.3, 0.4) is 0 Å². The lowest BCUT2D eigenvalue weighted by atomic mass is 10.1. The number of aliphatic hydroxyl groups is 1. The summed E-state index contributed by atoms with van der Waals surface area (Å²) in [6.45, 7) is -0.437. The number of carboxylic acids is 2. The van der Waals surface area contributed by atoms with Gasteiger partial charge in [-0.15, -0.1) is 0 Å². The summed E-state index contributed by atoms with van der Waals surface area (Å²) in [6.07, 6.45) is 0.475. The lowest BCUT2D eigenvalue weighted by molar-refractivity contribution is -0.150. The lowest BCUT2D eigenvalue weighted by Gasteiger charge is -2.28. The van der Waals surface area contributed by atoms with Crippen LogP contribution >= 0.6 is 0 Å². The van der Waals surface area contributed by atoms with Gasteiger partial charge in [-0.25, -0.2) is 4.79 Å². The van der Waals surface area contributed by atoms with Gasteiger partial charge in [0.15, 0.2) is 5.96 Å². The summed E-state index contributed by atoms with van der Waals surface area (Å²) in [5, 5.41) is 32.5. The number of rotatable bonds is 14. The molecule has 11 N–H and O–H groups in total. The number of aliphatic carboxylic acids is 2. The normalized spacial score (nSPS) is 17.8. The van der Waals surface area contributed by atoms with Gasteiger partial charge in [0.1, 0.15) is 18.1 Å². The number of carboxylic acid groups (broad SMARTS) is 2. The van der Waals surface area contributed by atoms with E-state index in [4.69, 9.17) is 22.3 Å². The predicted octanol–water partition coefficient (Wildman–Crippen LogP) is -3.73. The summed E-state index contributed by atoms with van der Waals surface area (Å²) < 4.78 is 0. The molecule has 1 rings (SSSR count). The molecule has 3 amide bonds. The minimum absolute atomic E-state index is 0.111. The third-order valence-electron chi connectivity index (χ3n) is 5.20. The van der Waals surface area contributed by atoms with Crippen LogP contribution in [0.4, 0.5) is 0 Å². The second kappa shape index (κ2) is 13.9. The number of aliphatic hydroxyl groups excluding tert-OH is 1. The first kappa shape index (κ1) is 28.6. The highest BCUT2D eigenvalue weighted by atomic mass is 16.4. The molecule has 192 valence electrons. The number of likely N-dealkylation sites (tertiary alicyclic amines) is 1. The lowest BCUT2D eigenvalue weighted by Crippen LogP contribution is -2.58. The summed E-state index contributed by atoms with van der Waals surface area (Å²) in [5.74, 6) is -4.96. The van der Waals surface area contributed by atoms with E-state index in [1.54, 1.807) is 0 Å². The molecule has 0 aromatic carbocycles. The highest BCUT2D eigenvalue weighted by molar-refractivity contribution is 5.94. The molecule has 0 aromatic heterocycles. The van der Waals surface area contributed by atoms with Gasteiger partial charge < -0.3 is 48.1 Å². The van der Waals surface area contributed by atoms with Crippen molar-refractivity contribution in [2.75, 3.05) is 19.7 Å². The Morgan fingerprint density at radius 1 is 1.03 bits per heavy atom. The Morgan fingerprint density at radius 2 is 1.68 bits per heavy atom. The van der Waals surface area contributed by atoms with Gasteiger partial charge in [-0.05, 0) is 32.1 Å². The molecule has 0 aliphatic carbocycles. The zero-order valence-electron chi connectivity index (χ0n) is 18.7. The number of guanidine groups is 1. The molecule has 1 fully saturated rings. The molecular weight excluding hydrogens is 454 g/mol. The maximum Gasteiger partial charge on any atom is 0.326 e. The summed E-state index contributed by atoms with van der Waals surface area (Å²) in [5.41, 5.74) is 16.2. The number of nitrogens with one attached hydrogen (secondary N) is 2. The monoisotopic (exact) mass is 487 g/mol. The average Bonchev–Trinajstić information content (AvgIpc) is 3.26. The van der Waals surface area contributed by atoms with Gasteiger partial charge in [-0.3, -0.25) is 24.2 Å². The Kier molecular flexibility index (Phi) is 11.7. The fraction of sp³-hybridized carbons (Fsp3) is 0.684. The molecule has 0 bridgehead atoms. The molecule has 15 heteroatoms. The zero-order chi connectivity index (χ0) is 25.8. The van der Waals surface area contributed by atoms with Crippen molar-refractivity contribution >= 4 is 35.6 Å². The highest BCUT2D eigenvalue weighted by Gasteiger charge is 2.38. The van der Waals surface area contributed by atoms with Crippen molar-refractivity contribution in [2.45, 2.75) is 62.7 Å². The van der Waals surface area contributed by atoms with E-state index in [2.05, 4.69) is 15.6 Å². The van der Waals surface area contributed by atoms with Crippen LogP contribution in [0.25, 0.3) is 0 Å². The van der Waals surface area contributed by atoms with Crippen molar-refractivity contribution in [2.24, 2.45) is 22.2 Å². The molecule has 0 aromatic rings. The number of carbonyl (C=O) groups excluding carboxylic acids is 3. The molecule has 15 nitrogen and oxygen atoms in total. The van der Waals surface area contributed by atoms with Crippen molar-refractivity contribution in [1.82, 2.24) is 15.5 Å². The quantitative estimate of drug-likeness (QED) is 0.0670. The Morgan fingerprint density at radius 3 is 2.24 bits per heavy atom. The number of amides is 3. The van der Waals surface area contributed by atoms with Crippen molar-refractivity contribution < 1.29 is 39.3 Å². The largest absolute Gasteiger partial charge is 0.481 e. The summed E-state index contributed by atoms with van der Waals surface area (Å²) >= 11 is 0. The molecular formula is C19H33N7O8. The van der Waals surface area contributed by atoms with Gasteiger partial charge in [-0.1, -0.05) is 0 Å².